The summed E-state index contributed by atoms with van der Waals surface area (Å²) in [5.41, 5.74) is 0.846. The molecular formula is C25H26FNO4. The predicted octanol–water partition coefficient (Wildman–Crippen LogP) is 4.62. The Morgan fingerprint density at radius 3 is 2.52 bits per heavy atom. The Morgan fingerprint density at radius 1 is 1.16 bits per heavy atom. The van der Waals surface area contributed by atoms with E-state index in [1.54, 1.807) is 12.1 Å². The molecule has 0 spiro atoms. The van der Waals surface area contributed by atoms with Gasteiger partial charge in [0.05, 0.1) is 17.7 Å². The first-order valence-corrected chi connectivity index (χ1v) is 10.3. The van der Waals surface area contributed by atoms with Crippen LogP contribution in [0.25, 0.3) is 6.08 Å². The highest BCUT2D eigenvalue weighted by Crippen LogP contribution is 2.39. The van der Waals surface area contributed by atoms with Gasteiger partial charge in [0, 0.05) is 18.7 Å². The van der Waals surface area contributed by atoms with Crippen molar-refractivity contribution in [1.82, 2.24) is 4.90 Å². The second-order valence-electron chi connectivity index (χ2n) is 7.57. The van der Waals surface area contributed by atoms with E-state index in [1.807, 2.05) is 44.2 Å². The minimum atomic E-state index is -0.999. The van der Waals surface area contributed by atoms with E-state index in [-0.39, 0.29) is 23.8 Å². The van der Waals surface area contributed by atoms with Crippen molar-refractivity contribution >= 4 is 17.8 Å². The Balaban J connectivity index is 1.91. The van der Waals surface area contributed by atoms with Gasteiger partial charge >= 0.3 is 0 Å². The third kappa shape index (κ3) is 5.27. The number of nitrogens with zero attached hydrogens (tertiary/aromatic N) is 1. The average molecular weight is 423 g/mol. The molecule has 1 aliphatic rings. The van der Waals surface area contributed by atoms with E-state index in [1.165, 1.54) is 29.2 Å². The topological polar surface area (TPSA) is 66.8 Å². The van der Waals surface area contributed by atoms with E-state index < -0.39 is 29.3 Å². The Labute approximate surface area is 181 Å². The van der Waals surface area contributed by atoms with Crippen molar-refractivity contribution in [2.24, 2.45) is 0 Å². The highest BCUT2D eigenvalue weighted by atomic mass is 19.1. The third-order valence-electron chi connectivity index (χ3n) is 4.99. The van der Waals surface area contributed by atoms with Crippen LogP contribution >= 0.6 is 0 Å². The summed E-state index contributed by atoms with van der Waals surface area (Å²) in [7, 11) is 0. The van der Waals surface area contributed by atoms with Crippen molar-refractivity contribution in [1.29, 1.82) is 0 Å². The molecule has 0 unspecified atom stereocenters. The van der Waals surface area contributed by atoms with Crippen molar-refractivity contribution in [3.8, 4) is 0 Å². The number of aliphatic hydroxyl groups excluding tert-OH is 1. The van der Waals surface area contributed by atoms with Crippen LogP contribution in [0.2, 0.25) is 0 Å². The molecule has 1 amide bonds. The summed E-state index contributed by atoms with van der Waals surface area (Å²) in [6.07, 6.45) is 3.44. The number of hydrogen-bond acceptors (Lipinski definition) is 4. The van der Waals surface area contributed by atoms with Gasteiger partial charge < -0.3 is 14.7 Å². The van der Waals surface area contributed by atoms with Crippen LogP contribution in [0.3, 0.4) is 0 Å². The summed E-state index contributed by atoms with van der Waals surface area (Å²) in [6, 6.07) is 14.2. The zero-order chi connectivity index (χ0) is 22.4. The minimum absolute atomic E-state index is 0.0448. The smallest absolute Gasteiger partial charge is 0.290 e. The van der Waals surface area contributed by atoms with E-state index in [2.05, 4.69) is 0 Å². The summed E-state index contributed by atoms with van der Waals surface area (Å²) >= 11 is 0. The molecule has 6 heteroatoms. The normalized spacial score (nSPS) is 16.7. The number of carbonyl (C=O) groups is 2. The maximum absolute atomic E-state index is 14.7. The lowest BCUT2D eigenvalue weighted by Gasteiger charge is -2.27. The average Bonchev–Trinajstić information content (AvgIpc) is 3.01. The summed E-state index contributed by atoms with van der Waals surface area (Å²) < 4.78 is 20.2. The number of ether oxygens (including phenoxy) is 1. The maximum Gasteiger partial charge on any atom is 0.290 e. The fourth-order valence-electron chi connectivity index (χ4n) is 3.54. The zero-order valence-corrected chi connectivity index (χ0v) is 17.6. The van der Waals surface area contributed by atoms with Gasteiger partial charge in [0.1, 0.15) is 5.82 Å². The summed E-state index contributed by atoms with van der Waals surface area (Å²) in [6.45, 7) is 4.44. The SMILES string of the molecule is CC(C)OCCCN1C(=O)C(O)=C(C(=O)/C=C/c2ccccc2)[C@H]1c1ccccc1F. The molecule has 1 aliphatic heterocycles. The predicted molar refractivity (Wildman–Crippen MR) is 117 cm³/mol. The van der Waals surface area contributed by atoms with Crippen LogP contribution in [0.5, 0.6) is 0 Å². The monoisotopic (exact) mass is 423 g/mol. The number of carbonyl (C=O) groups excluding carboxylic acids is 2. The molecule has 31 heavy (non-hydrogen) atoms. The van der Waals surface area contributed by atoms with Gasteiger partial charge in [0.25, 0.3) is 5.91 Å². The number of amides is 1. The van der Waals surface area contributed by atoms with Crippen LogP contribution in [0.4, 0.5) is 4.39 Å². The van der Waals surface area contributed by atoms with Gasteiger partial charge in [-0.2, -0.15) is 0 Å². The number of aliphatic hydroxyl groups is 1. The Kier molecular flexibility index (Phi) is 7.36. The maximum atomic E-state index is 14.7. The molecule has 1 atom stereocenters. The molecule has 2 aromatic rings. The zero-order valence-electron chi connectivity index (χ0n) is 17.6. The van der Waals surface area contributed by atoms with Crippen molar-refractivity contribution in [3.63, 3.8) is 0 Å². The first-order valence-electron chi connectivity index (χ1n) is 10.3. The molecule has 0 radical (unpaired) electrons. The molecule has 3 rings (SSSR count). The molecule has 1 heterocycles. The van der Waals surface area contributed by atoms with Crippen LogP contribution < -0.4 is 0 Å². The summed E-state index contributed by atoms with van der Waals surface area (Å²) in [5.74, 6) is -2.41. The van der Waals surface area contributed by atoms with Crippen molar-refractivity contribution in [2.45, 2.75) is 32.4 Å². The fraction of sp³-hybridized carbons (Fsp3) is 0.280. The molecule has 0 saturated heterocycles. The van der Waals surface area contributed by atoms with E-state index >= 15 is 0 Å². The lowest BCUT2D eigenvalue weighted by atomic mass is 9.95. The number of allylic oxidation sites excluding steroid dienone is 1. The lowest BCUT2D eigenvalue weighted by molar-refractivity contribution is -0.129. The van der Waals surface area contributed by atoms with Gasteiger partial charge in [-0.1, -0.05) is 54.6 Å². The quantitative estimate of drug-likeness (QED) is 0.472. The second-order valence-corrected chi connectivity index (χ2v) is 7.57. The largest absolute Gasteiger partial charge is 0.503 e. The van der Waals surface area contributed by atoms with Crippen LogP contribution in [0.1, 0.15) is 37.4 Å². The van der Waals surface area contributed by atoms with E-state index in [4.69, 9.17) is 4.74 Å². The molecule has 2 aromatic carbocycles. The number of hydrogen-bond donors (Lipinski definition) is 1. The van der Waals surface area contributed by atoms with Crippen LogP contribution in [0, 0.1) is 5.82 Å². The number of halogens is 1. The van der Waals surface area contributed by atoms with E-state index in [0.29, 0.717) is 13.0 Å². The molecular weight excluding hydrogens is 397 g/mol. The molecule has 0 saturated carbocycles. The molecule has 5 nitrogen and oxygen atoms in total. The van der Waals surface area contributed by atoms with Gasteiger partial charge in [-0.25, -0.2) is 4.39 Å². The third-order valence-corrected chi connectivity index (χ3v) is 4.99. The van der Waals surface area contributed by atoms with Crippen molar-refractivity contribution in [3.05, 3.63) is 88.9 Å². The molecule has 1 N–H and O–H groups in total. The molecule has 0 aliphatic carbocycles. The molecule has 0 fully saturated rings. The van der Waals surface area contributed by atoms with Gasteiger partial charge in [-0.05, 0) is 38.0 Å². The van der Waals surface area contributed by atoms with E-state index in [9.17, 15) is 19.1 Å². The van der Waals surface area contributed by atoms with Crippen LogP contribution in [-0.2, 0) is 14.3 Å². The molecule has 0 bridgehead atoms. The van der Waals surface area contributed by atoms with Crippen LogP contribution in [0.15, 0.2) is 72.0 Å². The van der Waals surface area contributed by atoms with Crippen LogP contribution in [-0.4, -0.2) is 41.0 Å². The van der Waals surface area contributed by atoms with Gasteiger partial charge in [0.15, 0.2) is 11.5 Å². The number of rotatable bonds is 9. The Bertz CT molecular complexity index is 998. The summed E-state index contributed by atoms with van der Waals surface area (Å²) in [4.78, 5) is 27.1. The van der Waals surface area contributed by atoms with Gasteiger partial charge in [-0.15, -0.1) is 0 Å². The summed E-state index contributed by atoms with van der Waals surface area (Å²) in [5, 5.41) is 10.5. The van der Waals surface area contributed by atoms with E-state index in [0.717, 1.165) is 5.56 Å². The van der Waals surface area contributed by atoms with Gasteiger partial charge in [0.2, 0.25) is 0 Å². The molecule has 0 aromatic heterocycles. The van der Waals surface area contributed by atoms with Crippen molar-refractivity contribution < 1.29 is 23.8 Å². The Hall–Kier alpha value is -3.25. The van der Waals surface area contributed by atoms with Crippen molar-refractivity contribution in [2.75, 3.05) is 13.2 Å². The number of ketones is 1. The highest BCUT2D eigenvalue weighted by Gasteiger charge is 2.43. The lowest BCUT2D eigenvalue weighted by Crippen LogP contribution is -2.33. The molecule has 162 valence electrons. The first kappa shape index (κ1) is 22.4. The minimum Gasteiger partial charge on any atom is -0.503 e. The van der Waals surface area contributed by atoms with Gasteiger partial charge in [-0.3, -0.25) is 9.59 Å². The standard InChI is InChI=1S/C25H26FNO4/c1-17(2)31-16-8-15-27-23(19-11-6-7-12-20(19)26)22(24(29)25(27)30)21(28)14-13-18-9-4-3-5-10-18/h3-7,9-14,17,23,29H,8,15-16H2,1-2H3/b14-13+/t23-/m1/s1. The number of benzene rings is 2. The second kappa shape index (κ2) is 10.2. The fourth-order valence-corrected chi connectivity index (χ4v) is 3.54. The first-order chi connectivity index (χ1) is 14.9. The Morgan fingerprint density at radius 2 is 1.84 bits per heavy atom. The highest BCUT2D eigenvalue weighted by molar-refractivity contribution is 6.14.